The first-order chi connectivity index (χ1) is 9.54. The Balaban J connectivity index is 2.53. The Hall–Kier alpha value is -1.09. The maximum Gasteiger partial charge on any atom is 0.123 e. The van der Waals surface area contributed by atoms with Gasteiger partial charge in [0.1, 0.15) is 5.82 Å². The molecule has 0 saturated heterocycles. The first-order valence-corrected chi connectivity index (χ1v) is 7.23. The van der Waals surface area contributed by atoms with Crippen molar-refractivity contribution in [3.63, 3.8) is 0 Å². The third-order valence-electron chi connectivity index (χ3n) is 3.24. The van der Waals surface area contributed by atoms with E-state index in [0.29, 0.717) is 10.0 Å². The van der Waals surface area contributed by atoms with Gasteiger partial charge in [-0.3, -0.25) is 0 Å². The quantitative estimate of drug-likeness (QED) is 0.824. The molecule has 0 aliphatic carbocycles. The summed E-state index contributed by atoms with van der Waals surface area (Å²) in [6.07, 6.45) is 0. The Labute approximate surface area is 128 Å². The molecule has 1 atom stereocenters. The molecule has 0 bridgehead atoms. The van der Waals surface area contributed by atoms with Gasteiger partial charge in [0.05, 0.1) is 16.1 Å². The van der Waals surface area contributed by atoms with Crippen LogP contribution in [-0.2, 0) is 0 Å². The van der Waals surface area contributed by atoms with Crippen molar-refractivity contribution in [1.82, 2.24) is 5.32 Å². The summed E-state index contributed by atoms with van der Waals surface area (Å²) in [7, 11) is 0. The van der Waals surface area contributed by atoms with Crippen molar-refractivity contribution >= 4 is 23.2 Å². The van der Waals surface area contributed by atoms with Gasteiger partial charge in [-0.1, -0.05) is 48.3 Å². The average Bonchev–Trinajstić information content (AvgIpc) is 2.40. The lowest BCUT2D eigenvalue weighted by atomic mass is 9.94. The van der Waals surface area contributed by atoms with Gasteiger partial charge < -0.3 is 5.32 Å². The van der Waals surface area contributed by atoms with Crippen LogP contribution in [0.3, 0.4) is 0 Å². The van der Waals surface area contributed by atoms with E-state index in [2.05, 4.69) is 5.32 Å². The van der Waals surface area contributed by atoms with Gasteiger partial charge in [-0.15, -0.1) is 0 Å². The predicted octanol–water partition coefficient (Wildman–Crippen LogP) is 5.14. The molecule has 4 heteroatoms. The number of rotatable bonds is 4. The molecule has 0 aliphatic rings. The molecule has 0 aliphatic heterocycles. The van der Waals surface area contributed by atoms with E-state index in [1.54, 1.807) is 12.1 Å². The number of benzene rings is 2. The van der Waals surface area contributed by atoms with Gasteiger partial charge in [0.2, 0.25) is 0 Å². The van der Waals surface area contributed by atoms with E-state index < -0.39 is 0 Å². The van der Waals surface area contributed by atoms with Gasteiger partial charge in [0.15, 0.2) is 0 Å². The molecule has 1 nitrogen and oxygen atoms in total. The summed E-state index contributed by atoms with van der Waals surface area (Å²) in [4.78, 5) is 0. The van der Waals surface area contributed by atoms with Crippen LogP contribution in [0.2, 0.25) is 10.0 Å². The van der Waals surface area contributed by atoms with Crippen LogP contribution in [-0.4, -0.2) is 6.54 Å². The topological polar surface area (TPSA) is 12.0 Å². The number of hydrogen-bond acceptors (Lipinski definition) is 1. The zero-order valence-corrected chi connectivity index (χ0v) is 12.9. The molecule has 2 aromatic rings. The molecule has 0 amide bonds. The van der Waals surface area contributed by atoms with Gasteiger partial charge in [-0.2, -0.15) is 0 Å². The minimum Gasteiger partial charge on any atom is -0.306 e. The molecule has 106 valence electrons. The molecule has 0 fully saturated rings. The van der Waals surface area contributed by atoms with E-state index in [-0.39, 0.29) is 11.9 Å². The smallest absolute Gasteiger partial charge is 0.123 e. The van der Waals surface area contributed by atoms with Crippen LogP contribution in [0.1, 0.15) is 29.7 Å². The zero-order valence-electron chi connectivity index (χ0n) is 11.4. The highest BCUT2D eigenvalue weighted by molar-refractivity contribution is 6.42. The van der Waals surface area contributed by atoms with E-state index in [4.69, 9.17) is 23.2 Å². The summed E-state index contributed by atoms with van der Waals surface area (Å²) in [5, 5.41) is 4.43. The number of hydrogen-bond donors (Lipinski definition) is 1. The Morgan fingerprint density at radius 1 is 1.15 bits per heavy atom. The van der Waals surface area contributed by atoms with Gasteiger partial charge in [-0.25, -0.2) is 4.39 Å². The molecule has 0 heterocycles. The number of nitrogens with one attached hydrogen (secondary N) is 1. The summed E-state index contributed by atoms with van der Waals surface area (Å²) in [6, 6.07) is 10.2. The summed E-state index contributed by atoms with van der Waals surface area (Å²) in [5.41, 5.74) is 2.78. The lowest BCUT2D eigenvalue weighted by Gasteiger charge is -2.22. The fourth-order valence-corrected chi connectivity index (χ4v) is 2.71. The SMILES string of the molecule is CCNC(c1ccc(F)cc1C)c1cccc(Cl)c1Cl. The van der Waals surface area contributed by atoms with Crippen molar-refractivity contribution in [3.05, 3.63) is 69.0 Å². The summed E-state index contributed by atoms with van der Waals surface area (Å²) in [5.74, 6) is -0.237. The Morgan fingerprint density at radius 3 is 2.55 bits per heavy atom. The molecule has 2 aromatic carbocycles. The Morgan fingerprint density at radius 2 is 1.90 bits per heavy atom. The zero-order chi connectivity index (χ0) is 14.7. The highest BCUT2D eigenvalue weighted by Crippen LogP contribution is 2.34. The lowest BCUT2D eigenvalue weighted by molar-refractivity contribution is 0.610. The van der Waals surface area contributed by atoms with E-state index in [1.165, 1.54) is 12.1 Å². The fourth-order valence-electron chi connectivity index (χ4n) is 2.30. The maximum atomic E-state index is 13.3. The molecule has 1 N–H and O–H groups in total. The van der Waals surface area contributed by atoms with Crippen molar-refractivity contribution in [3.8, 4) is 0 Å². The van der Waals surface area contributed by atoms with Gasteiger partial charge in [0.25, 0.3) is 0 Å². The second kappa shape index (κ2) is 6.57. The fraction of sp³-hybridized carbons (Fsp3) is 0.250. The molecular weight excluding hydrogens is 296 g/mol. The first-order valence-electron chi connectivity index (χ1n) is 6.48. The molecule has 20 heavy (non-hydrogen) atoms. The lowest BCUT2D eigenvalue weighted by Crippen LogP contribution is -2.23. The Kier molecular flexibility index (Phi) is 5.03. The third-order valence-corrected chi connectivity index (χ3v) is 4.08. The first kappa shape index (κ1) is 15.3. The molecular formula is C16H16Cl2FN. The van der Waals surface area contributed by atoms with Crippen molar-refractivity contribution in [2.75, 3.05) is 6.54 Å². The van der Waals surface area contributed by atoms with Crippen molar-refractivity contribution < 1.29 is 4.39 Å². The van der Waals surface area contributed by atoms with Gasteiger partial charge in [-0.05, 0) is 48.4 Å². The van der Waals surface area contributed by atoms with E-state index >= 15 is 0 Å². The summed E-state index contributed by atoms with van der Waals surface area (Å²) in [6.45, 7) is 4.68. The molecule has 1 unspecified atom stereocenters. The third kappa shape index (κ3) is 3.14. The monoisotopic (exact) mass is 311 g/mol. The summed E-state index contributed by atoms with van der Waals surface area (Å²) < 4.78 is 13.3. The van der Waals surface area contributed by atoms with Crippen LogP contribution in [0.4, 0.5) is 4.39 Å². The normalized spacial score (nSPS) is 12.4. The largest absolute Gasteiger partial charge is 0.306 e. The van der Waals surface area contributed by atoms with Crippen LogP contribution in [0, 0.1) is 12.7 Å². The highest BCUT2D eigenvalue weighted by Gasteiger charge is 2.19. The predicted molar refractivity (Wildman–Crippen MR) is 83.1 cm³/mol. The van der Waals surface area contributed by atoms with Crippen LogP contribution >= 0.6 is 23.2 Å². The second-order valence-electron chi connectivity index (χ2n) is 4.63. The number of halogens is 3. The van der Waals surface area contributed by atoms with Gasteiger partial charge in [0, 0.05) is 0 Å². The molecule has 2 rings (SSSR count). The van der Waals surface area contributed by atoms with Gasteiger partial charge >= 0.3 is 0 Å². The molecule has 0 spiro atoms. The van der Waals surface area contributed by atoms with E-state index in [0.717, 1.165) is 23.2 Å². The standard InChI is InChI=1S/C16H16Cl2FN/c1-3-20-16(12-8-7-11(19)9-10(12)2)13-5-4-6-14(17)15(13)18/h4-9,16,20H,3H2,1-2H3. The highest BCUT2D eigenvalue weighted by atomic mass is 35.5. The molecule has 0 saturated carbocycles. The number of aryl methyl sites for hydroxylation is 1. The van der Waals surface area contributed by atoms with Crippen molar-refractivity contribution in [1.29, 1.82) is 0 Å². The molecule has 0 radical (unpaired) electrons. The van der Waals surface area contributed by atoms with E-state index in [1.807, 2.05) is 26.0 Å². The minimum absolute atomic E-state index is 0.105. The second-order valence-corrected chi connectivity index (χ2v) is 5.42. The minimum atomic E-state index is -0.237. The maximum absolute atomic E-state index is 13.3. The van der Waals surface area contributed by atoms with Crippen LogP contribution < -0.4 is 5.32 Å². The molecule has 0 aromatic heterocycles. The average molecular weight is 312 g/mol. The Bertz CT molecular complexity index is 613. The van der Waals surface area contributed by atoms with Crippen molar-refractivity contribution in [2.45, 2.75) is 19.9 Å². The van der Waals surface area contributed by atoms with Crippen LogP contribution in [0.5, 0.6) is 0 Å². The van der Waals surface area contributed by atoms with E-state index in [9.17, 15) is 4.39 Å². The van der Waals surface area contributed by atoms with Crippen LogP contribution in [0.15, 0.2) is 36.4 Å². The van der Waals surface area contributed by atoms with Crippen LogP contribution in [0.25, 0.3) is 0 Å². The van der Waals surface area contributed by atoms with Crippen molar-refractivity contribution in [2.24, 2.45) is 0 Å². The summed E-state index contributed by atoms with van der Waals surface area (Å²) >= 11 is 12.4.